The summed E-state index contributed by atoms with van der Waals surface area (Å²) in [5.74, 6) is 0.556. The quantitative estimate of drug-likeness (QED) is 0.530. The van der Waals surface area contributed by atoms with Gasteiger partial charge in [-0.3, -0.25) is 14.4 Å². The molecule has 2 aromatic heterocycles. The van der Waals surface area contributed by atoms with E-state index in [4.69, 9.17) is 4.74 Å². The van der Waals surface area contributed by atoms with E-state index in [0.717, 1.165) is 24.0 Å². The summed E-state index contributed by atoms with van der Waals surface area (Å²) >= 11 is 0. The van der Waals surface area contributed by atoms with Crippen LogP contribution in [0.3, 0.4) is 0 Å². The van der Waals surface area contributed by atoms with E-state index in [9.17, 15) is 14.4 Å². The molecule has 1 aliphatic carbocycles. The van der Waals surface area contributed by atoms with Crippen molar-refractivity contribution in [2.45, 2.75) is 51.5 Å². The largest absolute Gasteiger partial charge is 0.486 e. The molecule has 2 aliphatic rings. The number of aromatic nitrogens is 3. The van der Waals surface area contributed by atoms with E-state index in [1.54, 1.807) is 12.3 Å². The first kappa shape index (κ1) is 23.0. The highest BCUT2D eigenvalue weighted by molar-refractivity contribution is 5.98. The molecule has 1 aliphatic heterocycles. The summed E-state index contributed by atoms with van der Waals surface area (Å²) in [5.41, 5.74) is 2.53. The normalized spacial score (nSPS) is 16.3. The Bertz CT molecular complexity index is 1260. The molecule has 0 unspecified atom stereocenters. The number of nitrogens with zero attached hydrogens (tertiary/aromatic N) is 3. The highest BCUT2D eigenvalue weighted by Crippen LogP contribution is 2.25. The fourth-order valence-corrected chi connectivity index (χ4v) is 4.80. The molecule has 1 saturated carbocycles. The summed E-state index contributed by atoms with van der Waals surface area (Å²) in [6.45, 7) is 0.980. The van der Waals surface area contributed by atoms with Gasteiger partial charge in [0.05, 0.1) is 6.20 Å². The lowest BCUT2D eigenvalue weighted by molar-refractivity contribution is -0.121. The van der Waals surface area contributed by atoms with Gasteiger partial charge in [-0.25, -0.2) is 9.50 Å². The molecule has 35 heavy (non-hydrogen) atoms. The zero-order valence-corrected chi connectivity index (χ0v) is 19.6. The van der Waals surface area contributed by atoms with Gasteiger partial charge in [-0.2, -0.15) is 5.10 Å². The number of benzene rings is 1. The number of carbonyl (C=O) groups excluding carboxylic acids is 3. The number of carbonyl (C=O) groups is 3. The van der Waals surface area contributed by atoms with E-state index >= 15 is 0 Å². The Morgan fingerprint density at radius 3 is 2.69 bits per heavy atom. The molecular weight excluding hydrogens is 446 g/mol. The van der Waals surface area contributed by atoms with Gasteiger partial charge in [-0.15, -0.1) is 0 Å². The van der Waals surface area contributed by atoms with Crippen molar-refractivity contribution >= 4 is 23.2 Å². The van der Waals surface area contributed by atoms with Crippen LogP contribution in [0.5, 0.6) is 5.75 Å². The van der Waals surface area contributed by atoms with Crippen LogP contribution in [0.4, 0.5) is 0 Å². The minimum Gasteiger partial charge on any atom is -0.486 e. The molecule has 0 radical (unpaired) electrons. The van der Waals surface area contributed by atoms with Gasteiger partial charge >= 0.3 is 0 Å². The van der Waals surface area contributed by atoms with Crippen molar-refractivity contribution in [3.8, 4) is 5.75 Å². The molecule has 0 spiro atoms. The zero-order chi connectivity index (χ0) is 24.2. The monoisotopic (exact) mass is 475 g/mol. The molecule has 5 rings (SSSR count). The molecule has 9 heteroatoms. The minimum absolute atomic E-state index is 0.0295. The van der Waals surface area contributed by atoms with Crippen LogP contribution in [0.1, 0.15) is 70.6 Å². The molecule has 0 bridgehead atoms. The van der Waals surface area contributed by atoms with Crippen molar-refractivity contribution in [3.05, 3.63) is 59.0 Å². The van der Waals surface area contributed by atoms with Gasteiger partial charge < -0.3 is 15.4 Å². The smallest absolute Gasteiger partial charge is 0.270 e. The van der Waals surface area contributed by atoms with Crippen LogP contribution in [-0.4, -0.2) is 45.3 Å². The predicted molar refractivity (Wildman–Crippen MR) is 128 cm³/mol. The highest BCUT2D eigenvalue weighted by atomic mass is 16.5. The lowest BCUT2D eigenvalue weighted by Crippen LogP contribution is -2.32. The van der Waals surface area contributed by atoms with Crippen LogP contribution in [0, 0.1) is 5.92 Å². The Hall–Kier alpha value is -3.75. The maximum absolute atomic E-state index is 13.0. The lowest BCUT2D eigenvalue weighted by Gasteiger charge is -2.17. The van der Waals surface area contributed by atoms with Crippen LogP contribution in [0.2, 0.25) is 0 Å². The molecule has 2 N–H and O–H groups in total. The molecule has 2 amide bonds. The van der Waals surface area contributed by atoms with Crippen molar-refractivity contribution in [1.29, 1.82) is 0 Å². The van der Waals surface area contributed by atoms with E-state index < -0.39 is 5.91 Å². The van der Waals surface area contributed by atoms with Gasteiger partial charge in [-0.05, 0) is 36.5 Å². The first-order valence-electron chi connectivity index (χ1n) is 12.2. The fraction of sp³-hybridized carbons (Fsp3) is 0.423. The van der Waals surface area contributed by atoms with Gasteiger partial charge in [0.1, 0.15) is 23.7 Å². The average Bonchev–Trinajstić information content (AvgIpc) is 3.19. The first-order chi connectivity index (χ1) is 17.1. The number of rotatable bonds is 6. The van der Waals surface area contributed by atoms with Crippen molar-refractivity contribution in [2.75, 3.05) is 13.2 Å². The van der Waals surface area contributed by atoms with Crippen LogP contribution >= 0.6 is 0 Å². The second-order valence-corrected chi connectivity index (χ2v) is 9.32. The van der Waals surface area contributed by atoms with E-state index in [1.165, 1.54) is 36.3 Å². The van der Waals surface area contributed by atoms with Crippen LogP contribution in [0.15, 0.2) is 36.5 Å². The third-order valence-corrected chi connectivity index (χ3v) is 6.70. The van der Waals surface area contributed by atoms with E-state index in [1.807, 2.05) is 18.2 Å². The molecule has 9 nitrogen and oxygen atoms in total. The Kier molecular flexibility index (Phi) is 6.74. The number of hydrogen-bond acceptors (Lipinski definition) is 6. The van der Waals surface area contributed by atoms with Crippen LogP contribution in [0.25, 0.3) is 5.65 Å². The van der Waals surface area contributed by atoms with E-state index in [0.29, 0.717) is 30.3 Å². The number of nitrogens with one attached hydrogen (secondary N) is 2. The van der Waals surface area contributed by atoms with Crippen LogP contribution < -0.4 is 15.4 Å². The molecular formula is C26H29N5O4. The maximum Gasteiger partial charge on any atom is 0.270 e. The van der Waals surface area contributed by atoms with Gasteiger partial charge in [0.15, 0.2) is 11.4 Å². The van der Waals surface area contributed by atoms with E-state index in [-0.39, 0.29) is 36.2 Å². The number of ether oxygens (including phenoxy) is 1. The van der Waals surface area contributed by atoms with Gasteiger partial charge in [0.2, 0.25) is 0 Å². The van der Waals surface area contributed by atoms with Gasteiger partial charge in [-0.1, -0.05) is 31.7 Å². The molecule has 1 aromatic carbocycles. The second-order valence-electron chi connectivity index (χ2n) is 9.32. The summed E-state index contributed by atoms with van der Waals surface area (Å²) < 4.78 is 6.88. The predicted octanol–water partition coefficient (Wildman–Crippen LogP) is 2.86. The fourth-order valence-electron chi connectivity index (χ4n) is 4.80. The third kappa shape index (κ3) is 5.34. The standard InChI is InChI=1S/C26H29N5O4/c32-20-12-19-11-18(7-8-23(19)35-16-20)15-27-25(33)21-13-22(31-24(30-21)9-10-29-31)26(34)28-14-17-5-3-1-2-4-6-17/h7-11,13,17H,1-6,12,14-16H2,(H,27,33)(H,28,34). The number of hydrogen-bond donors (Lipinski definition) is 2. The lowest BCUT2D eigenvalue weighted by atomic mass is 10.0. The second kappa shape index (κ2) is 10.2. The molecule has 0 atom stereocenters. The first-order valence-corrected chi connectivity index (χ1v) is 12.2. The summed E-state index contributed by atoms with van der Waals surface area (Å²) in [6.07, 6.45) is 9.08. The van der Waals surface area contributed by atoms with Crippen molar-refractivity contribution < 1.29 is 19.1 Å². The Morgan fingerprint density at radius 1 is 1.03 bits per heavy atom. The summed E-state index contributed by atoms with van der Waals surface area (Å²) in [7, 11) is 0. The number of ketones is 1. The van der Waals surface area contributed by atoms with Crippen molar-refractivity contribution in [2.24, 2.45) is 5.92 Å². The molecule has 182 valence electrons. The average molecular weight is 476 g/mol. The van der Waals surface area contributed by atoms with Crippen molar-refractivity contribution in [3.63, 3.8) is 0 Å². The van der Waals surface area contributed by atoms with E-state index in [2.05, 4.69) is 20.7 Å². The molecule has 3 heterocycles. The van der Waals surface area contributed by atoms with Gasteiger partial charge in [0, 0.05) is 37.2 Å². The topological polar surface area (TPSA) is 115 Å². The summed E-state index contributed by atoms with van der Waals surface area (Å²) in [6, 6.07) is 8.69. The SMILES string of the molecule is O=C1COc2ccc(CNC(=O)c3cc(C(=O)NCC4CCCCCC4)n4nccc4n3)cc2C1. The third-order valence-electron chi connectivity index (χ3n) is 6.70. The number of amides is 2. The Labute approximate surface area is 203 Å². The minimum atomic E-state index is -0.392. The number of fused-ring (bicyclic) bond motifs is 2. The zero-order valence-electron chi connectivity index (χ0n) is 19.6. The summed E-state index contributed by atoms with van der Waals surface area (Å²) in [5, 5.41) is 10.1. The van der Waals surface area contributed by atoms with Gasteiger partial charge in [0.25, 0.3) is 11.8 Å². The number of Topliss-reactive ketones (excluding diaryl/α,β-unsaturated/α-hetero) is 1. The van der Waals surface area contributed by atoms with Crippen molar-refractivity contribution in [1.82, 2.24) is 25.2 Å². The summed E-state index contributed by atoms with van der Waals surface area (Å²) in [4.78, 5) is 42.0. The molecule has 1 fully saturated rings. The molecule has 3 aromatic rings. The molecule has 0 saturated heterocycles. The maximum atomic E-state index is 13.0. The Morgan fingerprint density at radius 2 is 1.86 bits per heavy atom. The highest BCUT2D eigenvalue weighted by Gasteiger charge is 2.20. The van der Waals surface area contributed by atoms with Crippen LogP contribution in [-0.2, 0) is 17.8 Å². The Balaban J connectivity index is 1.28.